The van der Waals surface area contributed by atoms with Crippen molar-refractivity contribution >= 4 is 11.3 Å². The summed E-state index contributed by atoms with van der Waals surface area (Å²) in [5.74, 6) is 0. The van der Waals surface area contributed by atoms with Gasteiger partial charge in [-0.3, -0.25) is 0 Å². The van der Waals surface area contributed by atoms with Crippen LogP contribution in [0.2, 0.25) is 0 Å². The Labute approximate surface area is 114 Å². The highest BCUT2D eigenvalue weighted by Gasteiger charge is 2.15. The molecule has 2 atom stereocenters. The molecular formula is C14H25N3S. The highest BCUT2D eigenvalue weighted by atomic mass is 32.1. The number of hydrogen-bond acceptors (Lipinski definition) is 4. The van der Waals surface area contributed by atoms with Crippen molar-refractivity contribution in [3.63, 3.8) is 0 Å². The number of rotatable bonds is 4. The third-order valence-electron chi connectivity index (χ3n) is 3.67. The van der Waals surface area contributed by atoms with E-state index in [4.69, 9.17) is 0 Å². The molecule has 0 radical (unpaired) electrons. The molecule has 1 saturated heterocycles. The zero-order chi connectivity index (χ0) is 13.0. The minimum absolute atomic E-state index is 0.418. The van der Waals surface area contributed by atoms with E-state index in [0.717, 1.165) is 6.54 Å². The molecule has 102 valence electrons. The summed E-state index contributed by atoms with van der Waals surface area (Å²) < 4.78 is 0. The molecule has 0 spiro atoms. The van der Waals surface area contributed by atoms with Crippen molar-refractivity contribution in [2.75, 3.05) is 13.1 Å². The fourth-order valence-corrected chi connectivity index (χ4v) is 3.59. The average molecular weight is 267 g/mol. The van der Waals surface area contributed by atoms with E-state index in [1.165, 1.54) is 47.8 Å². The molecule has 0 aromatic carbocycles. The molecule has 4 heteroatoms. The van der Waals surface area contributed by atoms with Crippen LogP contribution < -0.4 is 10.6 Å². The Kier molecular flexibility index (Phi) is 5.15. The molecule has 1 aliphatic heterocycles. The van der Waals surface area contributed by atoms with Crippen molar-refractivity contribution in [3.05, 3.63) is 15.6 Å². The lowest BCUT2D eigenvalue weighted by molar-refractivity contribution is 0.444. The van der Waals surface area contributed by atoms with Crippen LogP contribution >= 0.6 is 11.3 Å². The number of nitrogens with one attached hydrogen (secondary N) is 2. The van der Waals surface area contributed by atoms with E-state index >= 15 is 0 Å². The predicted octanol–water partition coefficient (Wildman–Crippen LogP) is 2.94. The second-order valence-corrected chi connectivity index (χ2v) is 6.55. The van der Waals surface area contributed by atoms with Crippen molar-refractivity contribution in [3.8, 4) is 0 Å². The van der Waals surface area contributed by atoms with E-state index in [1.807, 2.05) is 11.3 Å². The van der Waals surface area contributed by atoms with E-state index in [-0.39, 0.29) is 0 Å². The van der Waals surface area contributed by atoms with Gasteiger partial charge in [-0.2, -0.15) is 0 Å². The van der Waals surface area contributed by atoms with Crippen molar-refractivity contribution in [2.45, 2.75) is 58.5 Å². The Bertz CT molecular complexity index is 367. The fourth-order valence-electron chi connectivity index (χ4n) is 2.64. The molecule has 1 fully saturated rings. The average Bonchev–Trinajstić information content (AvgIpc) is 2.57. The number of hydrogen-bond donors (Lipinski definition) is 2. The Morgan fingerprint density at radius 3 is 2.94 bits per heavy atom. The van der Waals surface area contributed by atoms with Crippen LogP contribution in [-0.2, 0) is 0 Å². The second-order valence-electron chi connectivity index (χ2n) is 5.31. The van der Waals surface area contributed by atoms with Gasteiger partial charge in [0.25, 0.3) is 0 Å². The van der Waals surface area contributed by atoms with Crippen molar-refractivity contribution in [2.24, 2.45) is 0 Å². The monoisotopic (exact) mass is 267 g/mol. The maximum Gasteiger partial charge on any atom is 0.0900 e. The molecule has 18 heavy (non-hydrogen) atoms. The van der Waals surface area contributed by atoms with E-state index in [1.54, 1.807) is 0 Å². The number of nitrogens with zero attached hydrogens (tertiary/aromatic N) is 1. The molecule has 1 aromatic heterocycles. The quantitative estimate of drug-likeness (QED) is 0.880. The van der Waals surface area contributed by atoms with Gasteiger partial charge in [0, 0.05) is 23.5 Å². The first kappa shape index (κ1) is 14.0. The summed E-state index contributed by atoms with van der Waals surface area (Å²) in [6.07, 6.45) is 5.39. The van der Waals surface area contributed by atoms with Gasteiger partial charge in [0.15, 0.2) is 0 Å². The number of thiazole rings is 1. The molecule has 0 amide bonds. The Morgan fingerprint density at radius 1 is 1.39 bits per heavy atom. The molecule has 2 unspecified atom stereocenters. The van der Waals surface area contributed by atoms with Gasteiger partial charge >= 0.3 is 0 Å². The Morgan fingerprint density at radius 2 is 2.22 bits per heavy atom. The Balaban J connectivity index is 1.83. The van der Waals surface area contributed by atoms with E-state index in [9.17, 15) is 0 Å². The van der Waals surface area contributed by atoms with Gasteiger partial charge in [0.2, 0.25) is 0 Å². The lowest BCUT2D eigenvalue weighted by atomic mass is 10.1. The lowest BCUT2D eigenvalue weighted by Gasteiger charge is -2.20. The third kappa shape index (κ3) is 3.77. The molecule has 3 nitrogen and oxygen atoms in total. The van der Waals surface area contributed by atoms with Gasteiger partial charge in [-0.15, -0.1) is 11.3 Å². The van der Waals surface area contributed by atoms with Gasteiger partial charge in [0.05, 0.1) is 10.7 Å². The smallest absolute Gasteiger partial charge is 0.0900 e. The molecule has 0 saturated carbocycles. The van der Waals surface area contributed by atoms with Crippen LogP contribution in [0.15, 0.2) is 0 Å². The summed E-state index contributed by atoms with van der Waals surface area (Å²) in [5, 5.41) is 8.46. The minimum atomic E-state index is 0.418. The van der Waals surface area contributed by atoms with Crippen LogP contribution in [0.4, 0.5) is 0 Å². The maximum absolute atomic E-state index is 4.50. The second kappa shape index (κ2) is 6.64. The molecule has 1 aromatic rings. The number of aromatic nitrogens is 1. The van der Waals surface area contributed by atoms with Crippen molar-refractivity contribution in [1.82, 2.24) is 15.6 Å². The van der Waals surface area contributed by atoms with Crippen LogP contribution in [0.25, 0.3) is 0 Å². The molecule has 0 aliphatic carbocycles. The van der Waals surface area contributed by atoms with Gasteiger partial charge in [-0.05, 0) is 40.2 Å². The molecule has 2 heterocycles. The van der Waals surface area contributed by atoms with Gasteiger partial charge in [-0.1, -0.05) is 12.8 Å². The summed E-state index contributed by atoms with van der Waals surface area (Å²) >= 11 is 1.82. The summed E-state index contributed by atoms with van der Waals surface area (Å²) in [4.78, 5) is 5.89. The van der Waals surface area contributed by atoms with Gasteiger partial charge < -0.3 is 10.6 Å². The molecule has 2 rings (SSSR count). The Hall–Kier alpha value is -0.450. The van der Waals surface area contributed by atoms with Gasteiger partial charge in [0.1, 0.15) is 0 Å². The topological polar surface area (TPSA) is 37.0 Å². The molecule has 0 bridgehead atoms. The summed E-state index contributed by atoms with van der Waals surface area (Å²) in [7, 11) is 0. The SMILES string of the molecule is Cc1nc(C)c(C(C)NCC2CCCCCN2)s1. The first-order valence-electron chi connectivity index (χ1n) is 7.07. The van der Waals surface area contributed by atoms with Crippen LogP contribution in [0.3, 0.4) is 0 Å². The van der Waals surface area contributed by atoms with Crippen LogP contribution in [0.5, 0.6) is 0 Å². The normalized spacial score (nSPS) is 22.7. The fraction of sp³-hybridized carbons (Fsp3) is 0.786. The van der Waals surface area contributed by atoms with Gasteiger partial charge in [-0.25, -0.2) is 4.98 Å². The molecule has 2 N–H and O–H groups in total. The van der Waals surface area contributed by atoms with E-state index < -0.39 is 0 Å². The zero-order valence-electron chi connectivity index (χ0n) is 11.8. The number of aryl methyl sites for hydroxylation is 2. The van der Waals surface area contributed by atoms with Crippen molar-refractivity contribution < 1.29 is 0 Å². The molecule has 1 aliphatic rings. The first-order valence-corrected chi connectivity index (χ1v) is 7.89. The van der Waals surface area contributed by atoms with Crippen molar-refractivity contribution in [1.29, 1.82) is 0 Å². The standard InChI is InChI=1S/C14H25N3S/c1-10(14-11(2)17-12(3)18-14)16-9-13-7-5-4-6-8-15-13/h10,13,15-16H,4-9H2,1-3H3. The van der Waals surface area contributed by atoms with E-state index in [0.29, 0.717) is 12.1 Å². The largest absolute Gasteiger partial charge is 0.313 e. The molecular weight excluding hydrogens is 242 g/mol. The third-order valence-corrected chi connectivity index (χ3v) is 4.92. The lowest BCUT2D eigenvalue weighted by Crippen LogP contribution is -2.38. The predicted molar refractivity (Wildman–Crippen MR) is 78.3 cm³/mol. The van der Waals surface area contributed by atoms with Crippen LogP contribution in [0, 0.1) is 13.8 Å². The summed E-state index contributed by atoms with van der Waals surface area (Å²) in [6, 6.07) is 1.06. The van der Waals surface area contributed by atoms with E-state index in [2.05, 4.69) is 36.4 Å². The highest BCUT2D eigenvalue weighted by Crippen LogP contribution is 2.24. The summed E-state index contributed by atoms with van der Waals surface area (Å²) in [6.45, 7) is 8.69. The van der Waals surface area contributed by atoms with Crippen LogP contribution in [0.1, 0.15) is 54.2 Å². The maximum atomic E-state index is 4.50. The minimum Gasteiger partial charge on any atom is -0.313 e. The van der Waals surface area contributed by atoms with Crippen LogP contribution in [-0.4, -0.2) is 24.1 Å². The zero-order valence-corrected chi connectivity index (χ0v) is 12.6. The summed E-state index contributed by atoms with van der Waals surface area (Å²) in [5.41, 5.74) is 1.19. The first-order chi connectivity index (χ1) is 8.66. The highest BCUT2D eigenvalue weighted by molar-refractivity contribution is 7.11.